The Hall–Kier alpha value is -4.32. The van der Waals surface area contributed by atoms with E-state index in [9.17, 15) is 20.2 Å². The number of nitro groups is 1. The number of nitro benzene ring substituents is 1. The van der Waals surface area contributed by atoms with Crippen molar-refractivity contribution in [2.45, 2.75) is 46.5 Å². The molecule has 2 aromatic rings. The number of rotatable bonds is 7. The van der Waals surface area contributed by atoms with Gasteiger partial charge in [-0.05, 0) is 49.9 Å². The molecule has 1 atom stereocenters. The fraction of sp³-hybridized carbons (Fsp3) is 0.357. The summed E-state index contributed by atoms with van der Waals surface area (Å²) in [4.78, 5) is 26.4. The first kappa shape index (κ1) is 25.8. The highest BCUT2D eigenvalue weighted by atomic mass is 16.6. The number of hydrogen-bond acceptors (Lipinski definition) is 8. The van der Waals surface area contributed by atoms with Crippen LogP contribution in [0.25, 0.3) is 0 Å². The maximum Gasteiger partial charge on any atom is 0.271 e. The molecular formula is C28H30N4O5. The molecule has 192 valence electrons. The Bertz CT molecular complexity index is 1370. The molecule has 0 amide bonds. The molecule has 0 radical (unpaired) electrons. The molecule has 0 saturated carbocycles. The molecule has 9 nitrogen and oxygen atoms in total. The van der Waals surface area contributed by atoms with Gasteiger partial charge >= 0.3 is 0 Å². The van der Waals surface area contributed by atoms with E-state index >= 15 is 0 Å². The van der Waals surface area contributed by atoms with Crippen molar-refractivity contribution >= 4 is 17.2 Å². The highest BCUT2D eigenvalue weighted by Gasteiger charge is 2.45. The number of hydrogen-bond donors (Lipinski definition) is 1. The van der Waals surface area contributed by atoms with Gasteiger partial charge in [0.2, 0.25) is 0 Å². The molecule has 1 unspecified atom stereocenters. The highest BCUT2D eigenvalue weighted by Crippen LogP contribution is 2.52. The molecule has 0 aromatic heterocycles. The Morgan fingerprint density at radius 3 is 2.54 bits per heavy atom. The van der Waals surface area contributed by atoms with E-state index in [1.165, 1.54) is 12.1 Å². The molecular weight excluding hydrogens is 472 g/mol. The number of ketones is 1. The summed E-state index contributed by atoms with van der Waals surface area (Å²) in [6.07, 6.45) is 0.778. The number of nitriles is 1. The highest BCUT2D eigenvalue weighted by molar-refractivity contribution is 6.02. The fourth-order valence-electron chi connectivity index (χ4n) is 5.16. The van der Waals surface area contributed by atoms with Gasteiger partial charge in [0.15, 0.2) is 5.78 Å². The van der Waals surface area contributed by atoms with Gasteiger partial charge in [0, 0.05) is 35.4 Å². The summed E-state index contributed by atoms with van der Waals surface area (Å²) in [5.41, 5.74) is 8.48. The first-order valence-electron chi connectivity index (χ1n) is 12.2. The van der Waals surface area contributed by atoms with E-state index < -0.39 is 10.8 Å². The fourth-order valence-corrected chi connectivity index (χ4v) is 5.16. The van der Waals surface area contributed by atoms with Crippen molar-refractivity contribution in [1.29, 1.82) is 5.26 Å². The molecule has 2 N–H and O–H groups in total. The number of nitrogens with zero attached hydrogens (tertiary/aromatic N) is 3. The van der Waals surface area contributed by atoms with Crippen LogP contribution in [0, 0.1) is 26.9 Å². The van der Waals surface area contributed by atoms with Crippen LogP contribution in [0.5, 0.6) is 11.5 Å². The second-order valence-corrected chi connectivity index (χ2v) is 9.82. The number of allylic oxidation sites excluding steroid dienone is 3. The van der Waals surface area contributed by atoms with Gasteiger partial charge in [-0.1, -0.05) is 19.9 Å². The smallest absolute Gasteiger partial charge is 0.271 e. The van der Waals surface area contributed by atoms with Gasteiger partial charge in [-0.2, -0.15) is 5.26 Å². The van der Waals surface area contributed by atoms with Gasteiger partial charge < -0.3 is 15.2 Å². The molecule has 0 bridgehead atoms. The quantitative estimate of drug-likeness (QED) is 0.397. The van der Waals surface area contributed by atoms with Crippen molar-refractivity contribution in [2.24, 2.45) is 11.1 Å². The number of benzene rings is 2. The zero-order chi connectivity index (χ0) is 26.9. The lowest BCUT2D eigenvalue weighted by atomic mass is 9.68. The summed E-state index contributed by atoms with van der Waals surface area (Å²) in [5.74, 6) is 0.381. The summed E-state index contributed by atoms with van der Waals surface area (Å²) < 4.78 is 11.6. The number of carbonyl (C=O) groups excluding carboxylic acids is 1. The maximum absolute atomic E-state index is 13.8. The molecule has 2 aromatic carbocycles. The Balaban J connectivity index is 2.02. The third-order valence-corrected chi connectivity index (χ3v) is 6.58. The molecule has 4 rings (SSSR count). The molecule has 0 spiro atoms. The topological polar surface area (TPSA) is 132 Å². The Morgan fingerprint density at radius 1 is 1.16 bits per heavy atom. The van der Waals surface area contributed by atoms with Gasteiger partial charge in [0.25, 0.3) is 5.69 Å². The number of nitrogens with two attached hydrogens (primary N) is 1. The summed E-state index contributed by atoms with van der Waals surface area (Å²) in [6, 6.07) is 13.6. The van der Waals surface area contributed by atoms with Gasteiger partial charge in [0.05, 0.1) is 41.4 Å². The molecule has 0 fully saturated rings. The maximum atomic E-state index is 13.8. The van der Waals surface area contributed by atoms with Crippen LogP contribution in [0.2, 0.25) is 0 Å². The minimum Gasteiger partial charge on any atom is -0.494 e. The normalized spacial score (nSPS) is 18.8. The number of Topliss-reactive ketones (excluding diaryl/α,β-unsaturated/α-hetero) is 1. The average Bonchev–Trinajstić information content (AvgIpc) is 2.84. The number of anilines is 1. The van der Waals surface area contributed by atoms with Crippen LogP contribution in [-0.4, -0.2) is 23.9 Å². The van der Waals surface area contributed by atoms with Crippen molar-refractivity contribution in [1.82, 2.24) is 0 Å². The van der Waals surface area contributed by atoms with Crippen LogP contribution in [0.3, 0.4) is 0 Å². The zero-order valence-electron chi connectivity index (χ0n) is 21.4. The molecule has 2 aliphatic rings. The Labute approximate surface area is 215 Å². The van der Waals surface area contributed by atoms with Gasteiger partial charge in [-0.25, -0.2) is 0 Å². The summed E-state index contributed by atoms with van der Waals surface area (Å²) in [6.45, 7) is 8.57. The minimum atomic E-state index is -0.763. The molecule has 1 aliphatic heterocycles. The lowest BCUT2D eigenvalue weighted by Gasteiger charge is -2.43. The van der Waals surface area contributed by atoms with Crippen LogP contribution in [0.4, 0.5) is 11.4 Å². The van der Waals surface area contributed by atoms with Gasteiger partial charge in [-0.15, -0.1) is 0 Å². The van der Waals surface area contributed by atoms with Crippen molar-refractivity contribution in [3.8, 4) is 17.6 Å². The molecule has 9 heteroatoms. The van der Waals surface area contributed by atoms with E-state index in [-0.39, 0.29) is 28.3 Å². The second-order valence-electron chi connectivity index (χ2n) is 9.82. The van der Waals surface area contributed by atoms with Crippen LogP contribution in [0.1, 0.15) is 52.0 Å². The third-order valence-electron chi connectivity index (χ3n) is 6.58. The van der Waals surface area contributed by atoms with Crippen LogP contribution in [0.15, 0.2) is 65.1 Å². The predicted molar refractivity (Wildman–Crippen MR) is 139 cm³/mol. The van der Waals surface area contributed by atoms with E-state index in [0.29, 0.717) is 60.1 Å². The van der Waals surface area contributed by atoms with E-state index in [1.807, 2.05) is 27.7 Å². The predicted octanol–water partition coefficient (Wildman–Crippen LogP) is 5.33. The van der Waals surface area contributed by atoms with E-state index in [0.717, 1.165) is 0 Å². The number of ether oxygens (including phenoxy) is 2. The van der Waals surface area contributed by atoms with E-state index in [4.69, 9.17) is 15.2 Å². The summed E-state index contributed by atoms with van der Waals surface area (Å²) >= 11 is 0. The molecule has 37 heavy (non-hydrogen) atoms. The Morgan fingerprint density at radius 2 is 1.89 bits per heavy atom. The average molecular weight is 503 g/mol. The van der Waals surface area contributed by atoms with Crippen LogP contribution < -0.4 is 20.1 Å². The van der Waals surface area contributed by atoms with Gasteiger partial charge in [0.1, 0.15) is 17.3 Å². The van der Waals surface area contributed by atoms with Crippen molar-refractivity contribution in [3.63, 3.8) is 0 Å². The standard InChI is InChI=1S/C28H30N4O5/c1-5-36-19-10-11-24(37-6-2)20(13-19)25-21(16-29)27(30)31(17-8-7-9-18(12-17)32(34)35)22-14-28(3,4)15-23(33)26(22)25/h7-13,25H,5-6,14-15,30H2,1-4H3. The monoisotopic (exact) mass is 502 g/mol. The summed E-state index contributed by atoms with van der Waals surface area (Å²) in [7, 11) is 0. The second kappa shape index (κ2) is 9.97. The van der Waals surface area contributed by atoms with Crippen molar-refractivity contribution < 1.29 is 19.2 Å². The molecule has 1 heterocycles. The minimum absolute atomic E-state index is 0.101. The van der Waals surface area contributed by atoms with E-state index in [2.05, 4.69) is 6.07 Å². The summed E-state index contributed by atoms with van der Waals surface area (Å²) in [5, 5.41) is 21.8. The van der Waals surface area contributed by atoms with Crippen LogP contribution >= 0.6 is 0 Å². The Kier molecular flexibility index (Phi) is 6.94. The molecule has 1 aliphatic carbocycles. The largest absolute Gasteiger partial charge is 0.494 e. The molecule has 0 saturated heterocycles. The third kappa shape index (κ3) is 4.75. The lowest BCUT2D eigenvalue weighted by molar-refractivity contribution is -0.384. The number of carbonyl (C=O) groups is 1. The van der Waals surface area contributed by atoms with Gasteiger partial charge in [-0.3, -0.25) is 19.8 Å². The number of non-ortho nitro benzene ring substituents is 1. The van der Waals surface area contributed by atoms with Crippen molar-refractivity contribution in [2.75, 3.05) is 18.1 Å². The zero-order valence-corrected chi connectivity index (χ0v) is 21.4. The lowest BCUT2D eigenvalue weighted by Crippen LogP contribution is -2.42. The first-order chi connectivity index (χ1) is 17.6. The first-order valence-corrected chi connectivity index (χ1v) is 12.2. The SMILES string of the molecule is CCOc1ccc(OCC)c(C2C(C#N)=C(N)N(c3cccc([N+](=O)[O-])c3)C3=C2C(=O)CC(C)(C)C3)c1. The van der Waals surface area contributed by atoms with Crippen molar-refractivity contribution in [3.05, 3.63) is 80.8 Å². The van der Waals surface area contributed by atoms with E-state index in [1.54, 1.807) is 35.2 Å². The van der Waals surface area contributed by atoms with Crippen LogP contribution in [-0.2, 0) is 4.79 Å².